The van der Waals surface area contributed by atoms with Crippen molar-refractivity contribution in [3.8, 4) is 0 Å². The molecule has 0 bridgehead atoms. The summed E-state index contributed by atoms with van der Waals surface area (Å²) in [6.45, 7) is 6.02. The monoisotopic (exact) mass is 266 g/mol. The van der Waals surface area contributed by atoms with E-state index in [1.54, 1.807) is 6.92 Å². The van der Waals surface area contributed by atoms with E-state index in [1.807, 2.05) is 18.2 Å². The van der Waals surface area contributed by atoms with E-state index in [4.69, 9.17) is 0 Å². The van der Waals surface area contributed by atoms with Crippen LogP contribution in [0.2, 0.25) is 0 Å². The van der Waals surface area contributed by atoms with Gasteiger partial charge in [0.1, 0.15) is 0 Å². The third-order valence-electron chi connectivity index (χ3n) is 3.85. The number of carbonyl (C=O) groups excluding carboxylic acids is 1. The van der Waals surface area contributed by atoms with Gasteiger partial charge in [0.2, 0.25) is 0 Å². The molecule has 0 aliphatic heterocycles. The van der Waals surface area contributed by atoms with E-state index in [1.165, 1.54) is 16.7 Å². The van der Waals surface area contributed by atoms with E-state index in [0.717, 1.165) is 18.4 Å². The average molecular weight is 266 g/mol. The largest absolute Gasteiger partial charge is 0.295 e. The van der Waals surface area contributed by atoms with Crippen molar-refractivity contribution in [2.75, 3.05) is 0 Å². The van der Waals surface area contributed by atoms with Crippen molar-refractivity contribution in [3.05, 3.63) is 70.8 Å². The highest BCUT2D eigenvalue weighted by Crippen LogP contribution is 2.23. The summed E-state index contributed by atoms with van der Waals surface area (Å²) in [6.07, 6.45) is 2.01. The van der Waals surface area contributed by atoms with Crippen molar-refractivity contribution < 1.29 is 4.79 Å². The quantitative estimate of drug-likeness (QED) is 0.701. The first-order valence-corrected chi connectivity index (χ1v) is 7.23. The molecule has 104 valence electrons. The Balaban J connectivity index is 2.07. The van der Waals surface area contributed by atoms with Crippen LogP contribution in [0.4, 0.5) is 0 Å². The minimum Gasteiger partial charge on any atom is -0.295 e. The van der Waals surface area contributed by atoms with Gasteiger partial charge in [-0.3, -0.25) is 4.79 Å². The van der Waals surface area contributed by atoms with Crippen LogP contribution in [0.5, 0.6) is 0 Å². The molecule has 0 fully saturated rings. The molecule has 0 radical (unpaired) electrons. The zero-order chi connectivity index (χ0) is 14.5. The number of rotatable bonds is 5. The van der Waals surface area contributed by atoms with Crippen LogP contribution in [0.25, 0.3) is 0 Å². The maximum absolute atomic E-state index is 11.6. The second-order valence-corrected chi connectivity index (χ2v) is 5.57. The first-order valence-electron chi connectivity index (χ1n) is 7.23. The summed E-state index contributed by atoms with van der Waals surface area (Å²) in [7, 11) is 0. The Morgan fingerprint density at radius 3 is 2.55 bits per heavy atom. The molecule has 20 heavy (non-hydrogen) atoms. The molecular formula is C19H22O. The van der Waals surface area contributed by atoms with Crippen LogP contribution in [0.15, 0.2) is 48.5 Å². The summed E-state index contributed by atoms with van der Waals surface area (Å²) in [4.78, 5) is 11.6. The molecule has 0 spiro atoms. The minimum atomic E-state index is 0.156. The van der Waals surface area contributed by atoms with Gasteiger partial charge in [-0.15, -0.1) is 0 Å². The Hall–Kier alpha value is -1.89. The van der Waals surface area contributed by atoms with E-state index in [-0.39, 0.29) is 5.78 Å². The van der Waals surface area contributed by atoms with Crippen molar-refractivity contribution >= 4 is 5.78 Å². The highest BCUT2D eigenvalue weighted by atomic mass is 16.1. The molecule has 1 atom stereocenters. The zero-order valence-electron chi connectivity index (χ0n) is 12.5. The third-order valence-corrected chi connectivity index (χ3v) is 3.85. The SMILES string of the molecule is CC(=O)c1ccccc1CC[C@H](C)c1cccc(C)c1. The third kappa shape index (κ3) is 3.57. The maximum Gasteiger partial charge on any atom is 0.160 e. The Morgan fingerprint density at radius 1 is 1.10 bits per heavy atom. The molecule has 0 saturated carbocycles. The fraction of sp³-hybridized carbons (Fsp3) is 0.316. The summed E-state index contributed by atoms with van der Waals surface area (Å²) < 4.78 is 0. The van der Waals surface area contributed by atoms with E-state index in [9.17, 15) is 4.79 Å². The van der Waals surface area contributed by atoms with Crippen LogP contribution >= 0.6 is 0 Å². The highest BCUT2D eigenvalue weighted by molar-refractivity contribution is 5.95. The second kappa shape index (κ2) is 6.51. The fourth-order valence-electron chi connectivity index (χ4n) is 2.60. The van der Waals surface area contributed by atoms with Gasteiger partial charge in [0.05, 0.1) is 0 Å². The van der Waals surface area contributed by atoms with Crippen LogP contribution in [-0.2, 0) is 6.42 Å². The van der Waals surface area contributed by atoms with Gasteiger partial charge in [-0.05, 0) is 43.7 Å². The minimum absolute atomic E-state index is 0.156. The number of Topliss-reactive ketones (excluding diaryl/α,β-unsaturated/α-hetero) is 1. The molecule has 2 aromatic carbocycles. The smallest absolute Gasteiger partial charge is 0.160 e. The summed E-state index contributed by atoms with van der Waals surface area (Å²) in [5.74, 6) is 0.665. The topological polar surface area (TPSA) is 17.1 Å². The van der Waals surface area contributed by atoms with Gasteiger partial charge in [-0.2, -0.15) is 0 Å². The molecule has 2 rings (SSSR count). The molecular weight excluding hydrogens is 244 g/mol. The van der Waals surface area contributed by atoms with Crippen molar-refractivity contribution in [2.45, 2.75) is 39.5 Å². The number of benzene rings is 2. The molecule has 1 heteroatoms. The molecule has 0 amide bonds. The van der Waals surface area contributed by atoms with Gasteiger partial charge in [-0.25, -0.2) is 0 Å². The summed E-state index contributed by atoms with van der Waals surface area (Å²) in [5, 5.41) is 0. The van der Waals surface area contributed by atoms with Crippen molar-refractivity contribution in [1.29, 1.82) is 0 Å². The molecule has 0 aliphatic carbocycles. The molecule has 0 N–H and O–H groups in total. The van der Waals surface area contributed by atoms with Gasteiger partial charge < -0.3 is 0 Å². The summed E-state index contributed by atoms with van der Waals surface area (Å²) in [6, 6.07) is 16.6. The van der Waals surface area contributed by atoms with Crippen LogP contribution in [0, 0.1) is 6.92 Å². The number of aryl methyl sites for hydroxylation is 2. The maximum atomic E-state index is 11.6. The van der Waals surface area contributed by atoms with Crippen molar-refractivity contribution in [2.24, 2.45) is 0 Å². The highest BCUT2D eigenvalue weighted by Gasteiger charge is 2.10. The zero-order valence-corrected chi connectivity index (χ0v) is 12.5. The Labute approximate surface area is 121 Å². The van der Waals surface area contributed by atoms with Crippen molar-refractivity contribution in [1.82, 2.24) is 0 Å². The number of ketones is 1. The molecule has 0 heterocycles. The first-order chi connectivity index (χ1) is 9.58. The summed E-state index contributed by atoms with van der Waals surface area (Å²) >= 11 is 0. The van der Waals surface area contributed by atoms with E-state index < -0.39 is 0 Å². The fourth-order valence-corrected chi connectivity index (χ4v) is 2.60. The lowest BCUT2D eigenvalue weighted by atomic mass is 9.91. The predicted octanol–water partition coefficient (Wildman–Crippen LogP) is 4.93. The van der Waals surface area contributed by atoms with E-state index in [0.29, 0.717) is 5.92 Å². The number of hydrogen-bond donors (Lipinski definition) is 0. The lowest BCUT2D eigenvalue weighted by Gasteiger charge is -2.14. The Kier molecular flexibility index (Phi) is 4.73. The lowest BCUT2D eigenvalue weighted by molar-refractivity contribution is 0.101. The van der Waals surface area contributed by atoms with Gasteiger partial charge in [0.15, 0.2) is 5.78 Å². The average Bonchev–Trinajstić information content (AvgIpc) is 2.45. The normalized spacial score (nSPS) is 12.2. The van der Waals surface area contributed by atoms with E-state index >= 15 is 0 Å². The number of hydrogen-bond acceptors (Lipinski definition) is 1. The Morgan fingerprint density at radius 2 is 1.85 bits per heavy atom. The van der Waals surface area contributed by atoms with Gasteiger partial charge in [0.25, 0.3) is 0 Å². The van der Waals surface area contributed by atoms with Crippen molar-refractivity contribution in [3.63, 3.8) is 0 Å². The van der Waals surface area contributed by atoms with Gasteiger partial charge in [-0.1, -0.05) is 61.0 Å². The standard InChI is InChI=1S/C19H22O/c1-14-7-6-9-18(13-14)15(2)11-12-17-8-4-5-10-19(17)16(3)20/h4-10,13,15H,11-12H2,1-3H3/t15-/m0/s1. The predicted molar refractivity (Wildman–Crippen MR) is 84.4 cm³/mol. The second-order valence-electron chi connectivity index (χ2n) is 5.57. The van der Waals surface area contributed by atoms with Crippen LogP contribution < -0.4 is 0 Å². The summed E-state index contributed by atoms with van der Waals surface area (Å²) in [5.41, 5.74) is 4.72. The van der Waals surface area contributed by atoms with Crippen LogP contribution in [0.3, 0.4) is 0 Å². The van der Waals surface area contributed by atoms with Crippen LogP contribution in [0.1, 0.15) is 53.2 Å². The molecule has 2 aromatic rings. The molecule has 0 aromatic heterocycles. The molecule has 0 saturated heterocycles. The first kappa shape index (κ1) is 14.5. The molecule has 1 nitrogen and oxygen atoms in total. The Bertz CT molecular complexity index is 598. The molecule has 0 aliphatic rings. The lowest BCUT2D eigenvalue weighted by Crippen LogP contribution is -2.02. The van der Waals surface area contributed by atoms with Crippen LogP contribution in [-0.4, -0.2) is 5.78 Å². The number of carbonyl (C=O) groups is 1. The van der Waals surface area contributed by atoms with Gasteiger partial charge in [0, 0.05) is 5.56 Å². The van der Waals surface area contributed by atoms with E-state index in [2.05, 4.69) is 44.2 Å². The molecule has 0 unspecified atom stereocenters. The van der Waals surface area contributed by atoms with Gasteiger partial charge >= 0.3 is 0 Å².